The second kappa shape index (κ2) is 11.1. The Hall–Kier alpha value is -1.79. The van der Waals surface area contributed by atoms with E-state index in [1.54, 1.807) is 19.9 Å². The molecule has 0 spiro atoms. The molecule has 0 fully saturated rings. The second-order valence-corrected chi connectivity index (χ2v) is 7.86. The summed E-state index contributed by atoms with van der Waals surface area (Å²) in [5, 5.41) is 8.84. The van der Waals surface area contributed by atoms with Gasteiger partial charge in [-0.1, -0.05) is 50.9 Å². The van der Waals surface area contributed by atoms with E-state index in [-0.39, 0.29) is 40.8 Å². The van der Waals surface area contributed by atoms with Crippen LogP contribution in [0.3, 0.4) is 0 Å². The molecule has 0 aromatic heterocycles. The van der Waals surface area contributed by atoms with Crippen LogP contribution in [-0.2, 0) is 9.59 Å². The molecule has 0 heterocycles. The molecule has 0 aliphatic carbocycles. The number of benzene rings is 1. The van der Waals surface area contributed by atoms with E-state index < -0.39 is 11.9 Å². The Bertz CT molecular complexity index is 678. The van der Waals surface area contributed by atoms with Gasteiger partial charge in [0.15, 0.2) is 0 Å². The number of carbonyl (C=O) groups excluding carboxylic acids is 3. The summed E-state index contributed by atoms with van der Waals surface area (Å²) in [7, 11) is 0. The van der Waals surface area contributed by atoms with Crippen LogP contribution >= 0.6 is 23.2 Å². The van der Waals surface area contributed by atoms with Crippen molar-refractivity contribution in [1.29, 1.82) is 0 Å². The molecule has 0 aliphatic heterocycles. The fourth-order valence-electron chi connectivity index (χ4n) is 2.31. The lowest BCUT2D eigenvalue weighted by molar-refractivity contribution is -0.125. The van der Waals surface area contributed by atoms with Gasteiger partial charge in [-0.25, -0.2) is 0 Å². The third kappa shape index (κ3) is 8.18. The highest BCUT2D eigenvalue weighted by molar-refractivity contribution is 6.36. The standard InChI is InChI=1S/C19H27Cl2N3O3/c1-11(2)9-16(19(27)23-8-7-22-17(25)12(3)4)24-18(26)14-6-5-13(20)10-15(14)21/h5-6,10-12,16H,7-9H2,1-4H3,(H,22,25)(H,23,27)(H,24,26). The van der Waals surface area contributed by atoms with Gasteiger partial charge in [-0.15, -0.1) is 0 Å². The van der Waals surface area contributed by atoms with E-state index >= 15 is 0 Å². The summed E-state index contributed by atoms with van der Waals surface area (Å²) in [6, 6.07) is 3.86. The zero-order valence-corrected chi connectivity index (χ0v) is 17.6. The minimum atomic E-state index is -0.704. The molecular formula is C19H27Cl2N3O3. The smallest absolute Gasteiger partial charge is 0.253 e. The SMILES string of the molecule is CC(C)CC(NC(=O)c1ccc(Cl)cc1Cl)C(=O)NCCNC(=O)C(C)C. The minimum absolute atomic E-state index is 0.0753. The third-order valence-electron chi connectivity index (χ3n) is 3.75. The third-order valence-corrected chi connectivity index (χ3v) is 4.30. The summed E-state index contributed by atoms with van der Waals surface area (Å²) in [5.41, 5.74) is 0.256. The van der Waals surface area contributed by atoms with Crippen molar-refractivity contribution in [1.82, 2.24) is 16.0 Å². The highest BCUT2D eigenvalue weighted by atomic mass is 35.5. The summed E-state index contributed by atoms with van der Waals surface area (Å²) >= 11 is 11.9. The van der Waals surface area contributed by atoms with E-state index in [0.717, 1.165) is 0 Å². The lowest BCUT2D eigenvalue weighted by atomic mass is 10.0. The first-order valence-electron chi connectivity index (χ1n) is 8.93. The summed E-state index contributed by atoms with van der Waals surface area (Å²) in [6.45, 7) is 8.13. The molecule has 1 rings (SSSR count). The minimum Gasteiger partial charge on any atom is -0.354 e. The van der Waals surface area contributed by atoms with Crippen LogP contribution in [0.1, 0.15) is 44.5 Å². The Morgan fingerprint density at radius 1 is 0.963 bits per heavy atom. The van der Waals surface area contributed by atoms with Gasteiger partial charge >= 0.3 is 0 Å². The molecule has 6 nitrogen and oxygen atoms in total. The summed E-state index contributed by atoms with van der Waals surface area (Å²) < 4.78 is 0. The number of amides is 3. The Kier molecular flexibility index (Phi) is 9.60. The Morgan fingerprint density at radius 3 is 2.07 bits per heavy atom. The Morgan fingerprint density at radius 2 is 1.56 bits per heavy atom. The number of hydrogen-bond acceptors (Lipinski definition) is 3. The number of halogens is 2. The molecule has 0 aliphatic rings. The molecule has 8 heteroatoms. The molecule has 150 valence electrons. The van der Waals surface area contributed by atoms with Gasteiger partial charge in [-0.05, 0) is 30.5 Å². The summed E-state index contributed by atoms with van der Waals surface area (Å²) in [6.07, 6.45) is 0.473. The Balaban J connectivity index is 2.67. The first-order chi connectivity index (χ1) is 12.6. The predicted molar refractivity (Wildman–Crippen MR) is 108 cm³/mol. The highest BCUT2D eigenvalue weighted by Crippen LogP contribution is 2.21. The lowest BCUT2D eigenvalue weighted by Crippen LogP contribution is -2.49. The molecule has 0 saturated heterocycles. The number of carbonyl (C=O) groups is 3. The maximum Gasteiger partial charge on any atom is 0.253 e. The van der Waals surface area contributed by atoms with E-state index in [0.29, 0.717) is 18.0 Å². The molecule has 1 atom stereocenters. The summed E-state index contributed by atoms with van der Waals surface area (Å²) in [4.78, 5) is 36.5. The maximum absolute atomic E-state index is 12.5. The van der Waals surface area contributed by atoms with Gasteiger partial charge in [0, 0.05) is 24.0 Å². The highest BCUT2D eigenvalue weighted by Gasteiger charge is 2.23. The van der Waals surface area contributed by atoms with E-state index in [9.17, 15) is 14.4 Å². The second-order valence-electron chi connectivity index (χ2n) is 7.02. The fourth-order valence-corrected chi connectivity index (χ4v) is 2.81. The van der Waals surface area contributed by atoms with Crippen LogP contribution in [0.5, 0.6) is 0 Å². The van der Waals surface area contributed by atoms with E-state index in [1.807, 2.05) is 13.8 Å². The average Bonchev–Trinajstić information content (AvgIpc) is 2.56. The predicted octanol–water partition coefficient (Wildman–Crippen LogP) is 3.03. The molecule has 27 heavy (non-hydrogen) atoms. The normalized spacial score (nSPS) is 12.0. The van der Waals surface area contributed by atoms with Crippen molar-refractivity contribution in [3.63, 3.8) is 0 Å². The van der Waals surface area contributed by atoms with Crippen molar-refractivity contribution in [3.05, 3.63) is 33.8 Å². The van der Waals surface area contributed by atoms with Crippen molar-refractivity contribution in [2.24, 2.45) is 11.8 Å². The number of rotatable bonds is 9. The average molecular weight is 416 g/mol. The monoisotopic (exact) mass is 415 g/mol. The topological polar surface area (TPSA) is 87.3 Å². The van der Waals surface area contributed by atoms with Crippen molar-refractivity contribution in [2.75, 3.05) is 13.1 Å². The van der Waals surface area contributed by atoms with Gasteiger partial charge in [0.1, 0.15) is 6.04 Å². The van der Waals surface area contributed by atoms with Crippen LogP contribution in [0.15, 0.2) is 18.2 Å². The van der Waals surface area contributed by atoms with Gasteiger partial charge in [0.2, 0.25) is 11.8 Å². The van der Waals surface area contributed by atoms with Gasteiger partial charge in [-0.2, -0.15) is 0 Å². The van der Waals surface area contributed by atoms with Crippen LogP contribution in [-0.4, -0.2) is 36.9 Å². The molecule has 0 saturated carbocycles. The van der Waals surface area contributed by atoms with Crippen LogP contribution in [0.4, 0.5) is 0 Å². The van der Waals surface area contributed by atoms with Gasteiger partial charge in [0.05, 0.1) is 10.6 Å². The van der Waals surface area contributed by atoms with Gasteiger partial charge in [-0.3, -0.25) is 14.4 Å². The van der Waals surface area contributed by atoms with Crippen LogP contribution < -0.4 is 16.0 Å². The van der Waals surface area contributed by atoms with Gasteiger partial charge < -0.3 is 16.0 Å². The molecular weight excluding hydrogens is 389 g/mol. The molecule has 1 aromatic carbocycles. The largest absolute Gasteiger partial charge is 0.354 e. The fraction of sp³-hybridized carbons (Fsp3) is 0.526. The van der Waals surface area contributed by atoms with Crippen molar-refractivity contribution >= 4 is 40.9 Å². The maximum atomic E-state index is 12.5. The first kappa shape index (κ1) is 23.2. The number of hydrogen-bond donors (Lipinski definition) is 3. The van der Waals surface area contributed by atoms with Crippen molar-refractivity contribution in [2.45, 2.75) is 40.2 Å². The number of nitrogens with one attached hydrogen (secondary N) is 3. The van der Waals surface area contributed by atoms with Crippen LogP contribution in [0.25, 0.3) is 0 Å². The van der Waals surface area contributed by atoms with Crippen LogP contribution in [0, 0.1) is 11.8 Å². The molecule has 1 aromatic rings. The molecule has 0 bridgehead atoms. The quantitative estimate of drug-likeness (QED) is 0.541. The van der Waals surface area contributed by atoms with E-state index in [2.05, 4.69) is 16.0 Å². The molecule has 0 radical (unpaired) electrons. The van der Waals surface area contributed by atoms with E-state index in [4.69, 9.17) is 23.2 Å². The first-order valence-corrected chi connectivity index (χ1v) is 9.68. The molecule has 1 unspecified atom stereocenters. The zero-order chi connectivity index (χ0) is 20.6. The van der Waals surface area contributed by atoms with E-state index in [1.165, 1.54) is 12.1 Å². The molecule has 3 amide bonds. The molecule has 3 N–H and O–H groups in total. The van der Waals surface area contributed by atoms with Crippen molar-refractivity contribution < 1.29 is 14.4 Å². The van der Waals surface area contributed by atoms with Gasteiger partial charge in [0.25, 0.3) is 5.91 Å². The zero-order valence-electron chi connectivity index (χ0n) is 16.1. The van der Waals surface area contributed by atoms with Crippen molar-refractivity contribution in [3.8, 4) is 0 Å². The summed E-state index contributed by atoms with van der Waals surface area (Å²) in [5.74, 6) is -0.736. The lowest BCUT2D eigenvalue weighted by Gasteiger charge is -2.20. The van der Waals surface area contributed by atoms with Crippen LogP contribution in [0.2, 0.25) is 10.0 Å². The Labute approximate surface area is 170 Å².